The van der Waals surface area contributed by atoms with Gasteiger partial charge in [-0.25, -0.2) is 0 Å². The Morgan fingerprint density at radius 2 is 2.12 bits per heavy atom. The number of hydrogen-bond acceptors (Lipinski definition) is 8. The lowest BCUT2D eigenvalue weighted by atomic mass is 10.2. The topological polar surface area (TPSA) is 108 Å². The quantitative estimate of drug-likeness (QED) is 0.475. The summed E-state index contributed by atoms with van der Waals surface area (Å²) in [5, 5.41) is 19.0. The maximum Gasteiger partial charge on any atom is 0.311 e. The molecule has 3 aromatic rings. The highest BCUT2D eigenvalue weighted by Crippen LogP contribution is 2.28. The van der Waals surface area contributed by atoms with E-state index in [1.54, 1.807) is 24.3 Å². The number of hydrogen-bond donors (Lipinski definition) is 0. The summed E-state index contributed by atoms with van der Waals surface area (Å²) in [6.07, 6.45) is 1.53. The molecule has 0 aliphatic rings. The number of rotatable bonds is 7. The van der Waals surface area contributed by atoms with E-state index in [1.807, 2.05) is 11.9 Å². The molecule has 0 aliphatic carbocycles. The van der Waals surface area contributed by atoms with Crippen molar-refractivity contribution in [2.45, 2.75) is 13.1 Å². The number of aromatic nitrogens is 2. The minimum Gasteiger partial charge on any atom is -0.490 e. The van der Waals surface area contributed by atoms with Crippen molar-refractivity contribution in [2.75, 3.05) is 14.2 Å². The molecule has 0 spiro atoms. The third-order valence-corrected chi connectivity index (χ3v) is 3.50. The highest BCUT2D eigenvalue weighted by molar-refractivity contribution is 5.48. The lowest BCUT2D eigenvalue weighted by Gasteiger charge is -2.14. The lowest BCUT2D eigenvalue weighted by Crippen LogP contribution is -2.17. The normalized spacial score (nSPS) is 11.0. The van der Waals surface area contributed by atoms with Crippen LogP contribution in [-0.4, -0.2) is 34.2 Å². The van der Waals surface area contributed by atoms with Crippen molar-refractivity contribution in [3.05, 3.63) is 58.2 Å². The maximum atomic E-state index is 11.1. The molecule has 130 valence electrons. The summed E-state index contributed by atoms with van der Waals surface area (Å²) in [5.74, 6) is 1.48. The fraction of sp³-hybridized carbons (Fsp3) is 0.250. The van der Waals surface area contributed by atoms with Crippen molar-refractivity contribution >= 4 is 5.69 Å². The first kappa shape index (κ1) is 16.7. The van der Waals surface area contributed by atoms with Gasteiger partial charge in [-0.15, -0.1) is 10.2 Å². The van der Waals surface area contributed by atoms with E-state index in [-0.39, 0.29) is 11.4 Å². The molecule has 3 rings (SSSR count). The molecular weight excluding hydrogens is 328 g/mol. The highest BCUT2D eigenvalue weighted by atomic mass is 16.6. The fourth-order valence-corrected chi connectivity index (χ4v) is 2.39. The van der Waals surface area contributed by atoms with Gasteiger partial charge < -0.3 is 13.6 Å². The van der Waals surface area contributed by atoms with Crippen molar-refractivity contribution in [1.29, 1.82) is 0 Å². The summed E-state index contributed by atoms with van der Waals surface area (Å²) < 4.78 is 15.8. The average molecular weight is 344 g/mol. The van der Waals surface area contributed by atoms with Crippen LogP contribution in [-0.2, 0) is 13.1 Å². The summed E-state index contributed by atoms with van der Waals surface area (Å²) >= 11 is 0. The van der Waals surface area contributed by atoms with Crippen molar-refractivity contribution in [2.24, 2.45) is 0 Å². The Morgan fingerprint density at radius 3 is 2.80 bits per heavy atom. The van der Waals surface area contributed by atoms with E-state index in [4.69, 9.17) is 13.6 Å². The predicted octanol–water partition coefficient (Wildman–Crippen LogP) is 2.88. The zero-order valence-electron chi connectivity index (χ0n) is 13.7. The van der Waals surface area contributed by atoms with Gasteiger partial charge in [0.1, 0.15) is 0 Å². The minimum absolute atomic E-state index is 0.0636. The Labute approximate surface area is 143 Å². The third-order valence-electron chi connectivity index (χ3n) is 3.50. The molecular formula is C16H16N4O5. The van der Waals surface area contributed by atoms with E-state index >= 15 is 0 Å². The molecule has 2 aromatic heterocycles. The van der Waals surface area contributed by atoms with Crippen LogP contribution in [0.25, 0.3) is 11.7 Å². The number of nitro groups is 1. The molecule has 25 heavy (non-hydrogen) atoms. The molecule has 0 saturated carbocycles. The summed E-state index contributed by atoms with van der Waals surface area (Å²) in [7, 11) is 3.26. The second kappa shape index (κ2) is 7.14. The number of nitro benzene ring substituents is 1. The van der Waals surface area contributed by atoms with Gasteiger partial charge in [-0.1, -0.05) is 6.07 Å². The second-order valence-corrected chi connectivity index (χ2v) is 5.41. The van der Waals surface area contributed by atoms with Crippen LogP contribution in [0.15, 0.2) is 45.4 Å². The molecule has 1 aromatic carbocycles. The highest BCUT2D eigenvalue weighted by Gasteiger charge is 2.17. The number of methoxy groups -OCH3 is 1. The summed E-state index contributed by atoms with van der Waals surface area (Å²) in [5.41, 5.74) is 0.715. The molecule has 0 unspecified atom stereocenters. The van der Waals surface area contributed by atoms with Gasteiger partial charge in [0.2, 0.25) is 5.89 Å². The molecule has 0 N–H and O–H groups in total. The summed E-state index contributed by atoms with van der Waals surface area (Å²) in [6.45, 7) is 0.872. The van der Waals surface area contributed by atoms with Gasteiger partial charge in [0.15, 0.2) is 11.5 Å². The first-order valence-electron chi connectivity index (χ1n) is 7.43. The van der Waals surface area contributed by atoms with Crippen LogP contribution in [0.1, 0.15) is 11.5 Å². The van der Waals surface area contributed by atoms with Crippen LogP contribution in [0.4, 0.5) is 5.69 Å². The van der Waals surface area contributed by atoms with E-state index in [2.05, 4.69) is 10.2 Å². The van der Waals surface area contributed by atoms with Gasteiger partial charge in [-0.05, 0) is 30.8 Å². The Bertz CT molecular complexity index is 859. The molecule has 0 radical (unpaired) electrons. The lowest BCUT2D eigenvalue weighted by molar-refractivity contribution is -0.385. The largest absolute Gasteiger partial charge is 0.490 e. The van der Waals surface area contributed by atoms with Crippen molar-refractivity contribution < 1.29 is 18.5 Å². The van der Waals surface area contributed by atoms with Crippen LogP contribution < -0.4 is 4.74 Å². The van der Waals surface area contributed by atoms with E-state index in [0.717, 1.165) is 5.56 Å². The maximum absolute atomic E-state index is 11.1. The first-order chi connectivity index (χ1) is 12.1. The molecule has 0 aliphatic heterocycles. The number of ether oxygens (including phenoxy) is 1. The standard InChI is InChI=1S/C16H16N4O5/c1-19(9-11-5-6-13(23-2)12(8-11)20(21)22)10-15-17-18-16(25-15)14-4-3-7-24-14/h3-8H,9-10H2,1-2H3. The Morgan fingerprint density at radius 1 is 1.28 bits per heavy atom. The summed E-state index contributed by atoms with van der Waals surface area (Å²) in [4.78, 5) is 12.5. The van der Waals surface area contributed by atoms with Crippen molar-refractivity contribution in [3.63, 3.8) is 0 Å². The van der Waals surface area contributed by atoms with Crippen molar-refractivity contribution in [1.82, 2.24) is 15.1 Å². The third kappa shape index (κ3) is 3.83. The van der Waals surface area contributed by atoms with Gasteiger partial charge >= 0.3 is 5.69 Å². The molecule has 9 nitrogen and oxygen atoms in total. The number of furan rings is 1. The van der Waals surface area contributed by atoms with E-state index < -0.39 is 4.92 Å². The molecule has 2 heterocycles. The second-order valence-electron chi connectivity index (χ2n) is 5.41. The zero-order chi connectivity index (χ0) is 17.8. The van der Waals surface area contributed by atoms with Crippen LogP contribution in [0.2, 0.25) is 0 Å². The van der Waals surface area contributed by atoms with E-state index in [1.165, 1.54) is 19.4 Å². The van der Waals surface area contributed by atoms with E-state index in [9.17, 15) is 10.1 Å². The first-order valence-corrected chi connectivity index (χ1v) is 7.43. The monoisotopic (exact) mass is 344 g/mol. The molecule has 0 saturated heterocycles. The SMILES string of the molecule is COc1ccc(CN(C)Cc2nnc(-c3ccco3)o2)cc1[N+](=O)[O-]. The summed E-state index contributed by atoms with van der Waals surface area (Å²) in [6, 6.07) is 8.34. The molecule has 0 atom stereocenters. The molecule has 0 bridgehead atoms. The van der Waals surface area contributed by atoms with Crippen molar-refractivity contribution in [3.8, 4) is 17.4 Å². The number of nitrogens with zero attached hydrogens (tertiary/aromatic N) is 4. The predicted molar refractivity (Wildman–Crippen MR) is 86.8 cm³/mol. The van der Waals surface area contributed by atoms with E-state index in [0.29, 0.717) is 30.6 Å². The number of benzene rings is 1. The van der Waals surface area contributed by atoms with Crippen LogP contribution in [0.5, 0.6) is 5.75 Å². The van der Waals surface area contributed by atoms with Gasteiger partial charge in [-0.3, -0.25) is 15.0 Å². The fourth-order valence-electron chi connectivity index (χ4n) is 2.39. The van der Waals surface area contributed by atoms with Crippen LogP contribution in [0, 0.1) is 10.1 Å². The van der Waals surface area contributed by atoms with Crippen LogP contribution >= 0.6 is 0 Å². The molecule has 9 heteroatoms. The smallest absolute Gasteiger partial charge is 0.311 e. The minimum atomic E-state index is -0.462. The van der Waals surface area contributed by atoms with Gasteiger partial charge in [0.25, 0.3) is 5.89 Å². The van der Waals surface area contributed by atoms with Gasteiger partial charge in [0, 0.05) is 12.6 Å². The zero-order valence-corrected chi connectivity index (χ0v) is 13.7. The average Bonchev–Trinajstić information content (AvgIpc) is 3.25. The Balaban J connectivity index is 1.67. The van der Waals surface area contributed by atoms with Gasteiger partial charge in [-0.2, -0.15) is 0 Å². The molecule has 0 amide bonds. The van der Waals surface area contributed by atoms with Crippen LogP contribution in [0.3, 0.4) is 0 Å². The molecule has 0 fully saturated rings. The Kier molecular flexibility index (Phi) is 4.75. The van der Waals surface area contributed by atoms with Gasteiger partial charge in [0.05, 0.1) is 24.8 Å². The Hall–Kier alpha value is -3.20.